The van der Waals surface area contributed by atoms with Crippen LogP contribution in [0.1, 0.15) is 35.7 Å². The first-order valence-corrected chi connectivity index (χ1v) is 11.9. The topological polar surface area (TPSA) is 107 Å². The lowest BCUT2D eigenvalue weighted by atomic mass is 10.0. The first kappa shape index (κ1) is 24.2. The molecule has 0 atom stereocenters. The van der Waals surface area contributed by atoms with Gasteiger partial charge in [0.1, 0.15) is 22.9 Å². The normalized spacial score (nSPS) is 12.8. The summed E-state index contributed by atoms with van der Waals surface area (Å²) in [4.78, 5) is 28.7. The minimum Gasteiger partial charge on any atom is -0.496 e. The standard InChI is InChI=1S/C27H26FN5O4/c1-16(34)30-23-14-33-24(31-23)12-10-20(32-33)19-9-11-22(36-2)25(26(19)28)27(35)29-13-18-5-3-4-6-21(18)37-15-17-7-8-17/h3-6,9-12,14,17H,7-8,13,15H2,1-2H3,(H,29,35)(H,30,34). The van der Waals surface area contributed by atoms with Gasteiger partial charge in [-0.3, -0.25) is 9.59 Å². The molecule has 0 bridgehead atoms. The lowest BCUT2D eigenvalue weighted by molar-refractivity contribution is -0.114. The Balaban J connectivity index is 1.40. The number of anilines is 1. The average Bonchev–Trinajstić information content (AvgIpc) is 3.63. The number of imidazole rings is 1. The molecule has 1 saturated carbocycles. The van der Waals surface area contributed by atoms with Crippen molar-refractivity contribution in [3.8, 4) is 22.8 Å². The quantitative estimate of drug-likeness (QED) is 0.354. The van der Waals surface area contributed by atoms with Crippen molar-refractivity contribution in [3.63, 3.8) is 0 Å². The second-order valence-electron chi connectivity index (χ2n) is 8.88. The molecular weight excluding hydrogens is 477 g/mol. The molecule has 2 heterocycles. The number of benzene rings is 2. The van der Waals surface area contributed by atoms with E-state index in [-0.39, 0.29) is 35.0 Å². The number of carbonyl (C=O) groups is 2. The van der Waals surface area contributed by atoms with Crippen molar-refractivity contribution in [1.82, 2.24) is 19.9 Å². The van der Waals surface area contributed by atoms with Crippen molar-refractivity contribution in [1.29, 1.82) is 0 Å². The molecule has 0 spiro atoms. The van der Waals surface area contributed by atoms with E-state index in [4.69, 9.17) is 9.47 Å². The maximum atomic E-state index is 15.8. The van der Waals surface area contributed by atoms with Crippen molar-refractivity contribution in [2.45, 2.75) is 26.3 Å². The lowest BCUT2D eigenvalue weighted by Gasteiger charge is -2.15. The number of halogens is 1. The van der Waals surface area contributed by atoms with Crippen LogP contribution in [0.4, 0.5) is 10.2 Å². The summed E-state index contributed by atoms with van der Waals surface area (Å²) < 4.78 is 28.4. The molecule has 0 aliphatic heterocycles. The third-order valence-electron chi connectivity index (χ3n) is 6.03. The van der Waals surface area contributed by atoms with Gasteiger partial charge in [0.15, 0.2) is 11.5 Å². The summed E-state index contributed by atoms with van der Waals surface area (Å²) in [6.45, 7) is 2.19. The van der Waals surface area contributed by atoms with Gasteiger partial charge >= 0.3 is 0 Å². The van der Waals surface area contributed by atoms with Crippen LogP contribution in [-0.4, -0.2) is 40.1 Å². The number of hydrogen-bond acceptors (Lipinski definition) is 6. The van der Waals surface area contributed by atoms with Crippen LogP contribution < -0.4 is 20.1 Å². The zero-order chi connectivity index (χ0) is 25.9. The third-order valence-corrected chi connectivity index (χ3v) is 6.03. The Bertz CT molecular complexity index is 1480. The van der Waals surface area contributed by atoms with E-state index < -0.39 is 11.7 Å². The molecule has 0 radical (unpaired) electrons. The number of rotatable bonds is 9. The van der Waals surface area contributed by atoms with E-state index >= 15 is 4.39 Å². The average molecular weight is 504 g/mol. The lowest BCUT2D eigenvalue weighted by Crippen LogP contribution is -2.25. The van der Waals surface area contributed by atoms with Gasteiger partial charge in [-0.2, -0.15) is 5.10 Å². The zero-order valence-corrected chi connectivity index (χ0v) is 20.5. The van der Waals surface area contributed by atoms with Gasteiger partial charge in [-0.15, -0.1) is 0 Å². The number of fused-ring (bicyclic) bond motifs is 1. The molecule has 10 heteroatoms. The van der Waals surface area contributed by atoms with Crippen molar-refractivity contribution in [2.75, 3.05) is 19.0 Å². The Kier molecular flexibility index (Phi) is 6.72. The van der Waals surface area contributed by atoms with Crippen LogP contribution in [0.25, 0.3) is 16.9 Å². The van der Waals surface area contributed by atoms with Crippen LogP contribution in [0, 0.1) is 11.7 Å². The van der Waals surface area contributed by atoms with Gasteiger partial charge in [-0.05, 0) is 49.1 Å². The first-order valence-electron chi connectivity index (χ1n) is 11.9. The number of ether oxygens (including phenoxy) is 2. The summed E-state index contributed by atoms with van der Waals surface area (Å²) in [7, 11) is 1.38. The number of nitrogens with zero attached hydrogens (tertiary/aromatic N) is 3. The molecule has 190 valence electrons. The fourth-order valence-electron chi connectivity index (χ4n) is 3.95. The monoisotopic (exact) mass is 503 g/mol. The number of amides is 2. The molecular formula is C27H26FN5O4. The van der Waals surface area contributed by atoms with E-state index in [0.717, 1.165) is 5.56 Å². The Morgan fingerprint density at radius 2 is 1.92 bits per heavy atom. The predicted molar refractivity (Wildman–Crippen MR) is 135 cm³/mol. The van der Waals surface area contributed by atoms with Gasteiger partial charge in [0, 0.05) is 24.6 Å². The number of nitrogens with one attached hydrogen (secondary N) is 2. The molecule has 2 aromatic heterocycles. The van der Waals surface area contributed by atoms with Crippen molar-refractivity contribution in [3.05, 3.63) is 71.7 Å². The molecule has 4 aromatic rings. The van der Waals surface area contributed by atoms with Crippen LogP contribution in [0.3, 0.4) is 0 Å². The largest absolute Gasteiger partial charge is 0.496 e. The molecule has 2 N–H and O–H groups in total. The van der Waals surface area contributed by atoms with E-state index in [0.29, 0.717) is 29.7 Å². The summed E-state index contributed by atoms with van der Waals surface area (Å²) in [6.07, 6.45) is 3.87. The Labute approximate surface area is 212 Å². The molecule has 1 aliphatic rings. The van der Waals surface area contributed by atoms with Gasteiger partial charge in [0.05, 0.1) is 25.6 Å². The van der Waals surface area contributed by atoms with Gasteiger partial charge in [0.25, 0.3) is 5.91 Å². The minimum absolute atomic E-state index is 0.105. The fourth-order valence-corrected chi connectivity index (χ4v) is 3.95. The molecule has 0 unspecified atom stereocenters. The molecule has 2 aromatic carbocycles. The molecule has 5 rings (SSSR count). The molecule has 1 aliphatic carbocycles. The van der Waals surface area contributed by atoms with Crippen LogP contribution >= 0.6 is 0 Å². The van der Waals surface area contributed by atoms with Crippen LogP contribution in [0.2, 0.25) is 0 Å². The van der Waals surface area contributed by atoms with Gasteiger partial charge in [0.2, 0.25) is 5.91 Å². The first-order chi connectivity index (χ1) is 17.9. The Hall–Kier alpha value is -4.47. The van der Waals surface area contributed by atoms with E-state index in [9.17, 15) is 9.59 Å². The fraction of sp³-hybridized carbons (Fsp3) is 0.259. The van der Waals surface area contributed by atoms with Gasteiger partial charge in [-0.1, -0.05) is 18.2 Å². The smallest absolute Gasteiger partial charge is 0.258 e. The SMILES string of the molecule is COc1ccc(-c2ccc3nc(NC(C)=O)cn3n2)c(F)c1C(=O)NCc1ccccc1OCC1CC1. The van der Waals surface area contributed by atoms with Crippen LogP contribution in [-0.2, 0) is 11.3 Å². The van der Waals surface area contributed by atoms with Gasteiger partial charge < -0.3 is 20.1 Å². The van der Waals surface area contributed by atoms with E-state index in [1.807, 2.05) is 24.3 Å². The molecule has 0 saturated heterocycles. The number of para-hydroxylation sites is 1. The summed E-state index contributed by atoms with van der Waals surface area (Å²) in [5.74, 6) is 0.0809. The molecule has 37 heavy (non-hydrogen) atoms. The highest BCUT2D eigenvalue weighted by Gasteiger charge is 2.24. The van der Waals surface area contributed by atoms with Crippen molar-refractivity contribution < 1.29 is 23.5 Å². The summed E-state index contributed by atoms with van der Waals surface area (Å²) in [6, 6.07) is 13.8. The van der Waals surface area contributed by atoms with Gasteiger partial charge in [-0.25, -0.2) is 13.9 Å². The van der Waals surface area contributed by atoms with Crippen LogP contribution in [0.15, 0.2) is 54.7 Å². The predicted octanol–water partition coefficient (Wildman–Crippen LogP) is 4.22. The highest BCUT2D eigenvalue weighted by Crippen LogP contribution is 2.32. The van der Waals surface area contributed by atoms with E-state index in [1.165, 1.54) is 49.7 Å². The molecule has 1 fully saturated rings. The Morgan fingerprint density at radius 3 is 2.68 bits per heavy atom. The van der Waals surface area contributed by atoms with Crippen molar-refractivity contribution >= 4 is 23.3 Å². The number of hydrogen-bond donors (Lipinski definition) is 2. The van der Waals surface area contributed by atoms with E-state index in [2.05, 4.69) is 20.7 Å². The number of methoxy groups -OCH3 is 1. The van der Waals surface area contributed by atoms with Crippen molar-refractivity contribution in [2.24, 2.45) is 5.92 Å². The zero-order valence-electron chi connectivity index (χ0n) is 20.5. The number of aromatic nitrogens is 3. The summed E-state index contributed by atoms with van der Waals surface area (Å²) in [5.41, 5.74) is 1.46. The Morgan fingerprint density at radius 1 is 1.11 bits per heavy atom. The van der Waals surface area contributed by atoms with Crippen LogP contribution in [0.5, 0.6) is 11.5 Å². The third kappa shape index (κ3) is 5.37. The summed E-state index contributed by atoms with van der Waals surface area (Å²) in [5, 5.41) is 9.79. The highest BCUT2D eigenvalue weighted by molar-refractivity contribution is 5.98. The second kappa shape index (κ2) is 10.3. The number of carbonyl (C=O) groups excluding carboxylic acids is 2. The second-order valence-corrected chi connectivity index (χ2v) is 8.88. The highest BCUT2D eigenvalue weighted by atomic mass is 19.1. The minimum atomic E-state index is -0.760. The van der Waals surface area contributed by atoms with E-state index in [1.54, 1.807) is 12.1 Å². The maximum Gasteiger partial charge on any atom is 0.258 e. The molecule has 9 nitrogen and oxygen atoms in total. The summed E-state index contributed by atoms with van der Waals surface area (Å²) >= 11 is 0. The maximum absolute atomic E-state index is 15.8. The molecule has 2 amide bonds.